The van der Waals surface area contributed by atoms with Gasteiger partial charge in [-0.2, -0.15) is 0 Å². The zero-order chi connectivity index (χ0) is 25.8. The first-order valence-corrected chi connectivity index (χ1v) is 12.9. The first kappa shape index (κ1) is 24.4. The molecule has 1 unspecified atom stereocenters. The molecule has 9 nitrogen and oxygen atoms in total. The monoisotopic (exact) mass is 496 g/mol. The molecule has 0 aliphatic carbocycles. The Labute approximate surface area is 215 Å². The molecule has 4 heterocycles. The average molecular weight is 497 g/mol. The van der Waals surface area contributed by atoms with E-state index in [0.29, 0.717) is 18.4 Å². The molecule has 0 radical (unpaired) electrons. The van der Waals surface area contributed by atoms with Gasteiger partial charge >= 0.3 is 5.69 Å². The first-order chi connectivity index (χ1) is 18.1. The zero-order valence-electron chi connectivity index (χ0n) is 21.5. The molecule has 0 bridgehead atoms. The molecular weight excluding hydrogens is 464 g/mol. The quantitative estimate of drug-likeness (QED) is 0.292. The van der Waals surface area contributed by atoms with Crippen molar-refractivity contribution >= 4 is 0 Å². The molecular formula is C28H32N8O. The number of benzene rings is 1. The van der Waals surface area contributed by atoms with Gasteiger partial charge in [0.15, 0.2) is 5.82 Å². The molecule has 0 fully saturated rings. The molecule has 5 rings (SSSR count). The molecule has 5 aromatic rings. The third-order valence-corrected chi connectivity index (χ3v) is 6.87. The number of aryl methyl sites for hydroxylation is 1. The number of nitrogens with one attached hydrogen (secondary N) is 1. The van der Waals surface area contributed by atoms with Crippen LogP contribution in [0.25, 0.3) is 28.3 Å². The van der Waals surface area contributed by atoms with Gasteiger partial charge in [-0.3, -0.25) is 14.1 Å². The van der Waals surface area contributed by atoms with Gasteiger partial charge < -0.3 is 4.57 Å². The summed E-state index contributed by atoms with van der Waals surface area (Å²) >= 11 is 0. The number of unbranched alkanes of at least 4 members (excludes halogenated alkanes) is 1. The van der Waals surface area contributed by atoms with Gasteiger partial charge in [0.1, 0.15) is 5.82 Å². The molecule has 0 aliphatic heterocycles. The number of imidazole rings is 1. The van der Waals surface area contributed by atoms with E-state index in [1.165, 1.54) is 0 Å². The number of tetrazole rings is 1. The highest BCUT2D eigenvalue weighted by Gasteiger charge is 2.17. The van der Waals surface area contributed by atoms with Crippen molar-refractivity contribution in [1.82, 2.24) is 39.3 Å². The van der Waals surface area contributed by atoms with Crippen molar-refractivity contribution in [2.75, 3.05) is 0 Å². The van der Waals surface area contributed by atoms with Gasteiger partial charge in [-0.15, -0.1) is 5.10 Å². The second kappa shape index (κ2) is 10.8. The molecule has 4 aromatic heterocycles. The fourth-order valence-corrected chi connectivity index (χ4v) is 4.61. The van der Waals surface area contributed by atoms with Crippen molar-refractivity contribution in [2.24, 2.45) is 0 Å². The highest BCUT2D eigenvalue weighted by Crippen LogP contribution is 2.25. The molecule has 0 amide bonds. The SMILES string of the molecule is CCCCc1cn(-c2cccn2C(C)CC)c(=O)n1Cc1cc(-c2cccc(-c3nnn[nH]3)c2)ccn1. The lowest BCUT2D eigenvalue weighted by Gasteiger charge is -2.15. The summed E-state index contributed by atoms with van der Waals surface area (Å²) in [5.41, 5.74) is 4.77. The summed E-state index contributed by atoms with van der Waals surface area (Å²) in [5, 5.41) is 14.2. The Hall–Kier alpha value is -4.27. The average Bonchev–Trinajstić information content (AvgIpc) is 3.69. The predicted molar refractivity (Wildman–Crippen MR) is 144 cm³/mol. The highest BCUT2D eigenvalue weighted by molar-refractivity contribution is 5.70. The summed E-state index contributed by atoms with van der Waals surface area (Å²) in [4.78, 5) is 18.3. The summed E-state index contributed by atoms with van der Waals surface area (Å²) in [7, 11) is 0. The lowest BCUT2D eigenvalue weighted by atomic mass is 10.0. The van der Waals surface area contributed by atoms with Crippen molar-refractivity contribution in [1.29, 1.82) is 0 Å². The first-order valence-electron chi connectivity index (χ1n) is 12.9. The van der Waals surface area contributed by atoms with Crippen LogP contribution in [0.5, 0.6) is 0 Å². The van der Waals surface area contributed by atoms with Crippen LogP contribution in [0.2, 0.25) is 0 Å². The van der Waals surface area contributed by atoms with Gasteiger partial charge in [0.2, 0.25) is 0 Å². The smallest absolute Gasteiger partial charge is 0.331 e. The Bertz CT molecular complexity index is 1530. The van der Waals surface area contributed by atoms with Crippen LogP contribution in [-0.2, 0) is 13.0 Å². The van der Waals surface area contributed by atoms with Crippen LogP contribution < -0.4 is 5.69 Å². The summed E-state index contributed by atoms with van der Waals surface area (Å²) in [6.45, 7) is 6.91. The highest BCUT2D eigenvalue weighted by atomic mass is 16.1. The number of rotatable bonds is 10. The number of aromatic amines is 1. The fraction of sp³-hybridized carbons (Fsp3) is 0.321. The van der Waals surface area contributed by atoms with Crippen LogP contribution in [0, 0.1) is 0 Å². The minimum atomic E-state index is -0.0404. The van der Waals surface area contributed by atoms with E-state index in [-0.39, 0.29) is 5.69 Å². The summed E-state index contributed by atoms with van der Waals surface area (Å²) in [6, 6.07) is 16.4. The van der Waals surface area contributed by atoms with Crippen LogP contribution in [-0.4, -0.2) is 39.3 Å². The van der Waals surface area contributed by atoms with Gasteiger partial charge in [-0.1, -0.05) is 38.5 Å². The Morgan fingerprint density at radius 3 is 2.65 bits per heavy atom. The number of hydrogen-bond acceptors (Lipinski definition) is 5. The van der Waals surface area contributed by atoms with Gasteiger partial charge in [0, 0.05) is 35.9 Å². The lowest BCUT2D eigenvalue weighted by molar-refractivity contribution is 0.521. The second-order valence-corrected chi connectivity index (χ2v) is 9.36. The van der Waals surface area contributed by atoms with Crippen LogP contribution in [0.3, 0.4) is 0 Å². The minimum Gasteiger partial charge on any atom is -0.331 e. The third kappa shape index (κ3) is 5.02. The molecule has 1 atom stereocenters. The van der Waals surface area contributed by atoms with Crippen LogP contribution in [0.1, 0.15) is 57.5 Å². The molecule has 190 valence electrons. The summed E-state index contributed by atoms with van der Waals surface area (Å²) < 4.78 is 5.83. The Kier molecular flexibility index (Phi) is 7.11. The van der Waals surface area contributed by atoms with E-state index in [0.717, 1.165) is 59.6 Å². The van der Waals surface area contributed by atoms with E-state index in [4.69, 9.17) is 0 Å². The molecule has 1 aromatic carbocycles. The van der Waals surface area contributed by atoms with Gasteiger partial charge in [-0.05, 0) is 78.1 Å². The number of nitrogens with zero attached hydrogens (tertiary/aromatic N) is 7. The zero-order valence-corrected chi connectivity index (χ0v) is 21.5. The second-order valence-electron chi connectivity index (χ2n) is 9.36. The molecule has 0 saturated carbocycles. The number of hydrogen-bond donors (Lipinski definition) is 1. The molecule has 0 saturated heterocycles. The van der Waals surface area contributed by atoms with E-state index in [1.54, 1.807) is 10.8 Å². The van der Waals surface area contributed by atoms with Gasteiger partial charge in [-0.25, -0.2) is 9.89 Å². The topological polar surface area (TPSA) is 99.2 Å². The van der Waals surface area contributed by atoms with Gasteiger partial charge in [0.05, 0.1) is 12.2 Å². The van der Waals surface area contributed by atoms with Crippen molar-refractivity contribution in [3.05, 3.63) is 89.0 Å². The van der Waals surface area contributed by atoms with Crippen molar-refractivity contribution < 1.29 is 0 Å². The molecule has 1 N–H and O–H groups in total. The van der Waals surface area contributed by atoms with Crippen LogP contribution >= 0.6 is 0 Å². The normalized spacial score (nSPS) is 12.2. The van der Waals surface area contributed by atoms with E-state index >= 15 is 0 Å². The largest absolute Gasteiger partial charge is 0.334 e. The van der Waals surface area contributed by atoms with E-state index in [1.807, 2.05) is 65.5 Å². The van der Waals surface area contributed by atoms with Crippen molar-refractivity contribution in [3.63, 3.8) is 0 Å². The Morgan fingerprint density at radius 2 is 1.86 bits per heavy atom. The van der Waals surface area contributed by atoms with Gasteiger partial charge in [0.25, 0.3) is 0 Å². The number of pyridine rings is 1. The Morgan fingerprint density at radius 1 is 1.03 bits per heavy atom. The van der Waals surface area contributed by atoms with E-state index in [9.17, 15) is 4.79 Å². The Balaban J connectivity index is 1.50. The van der Waals surface area contributed by atoms with Crippen LogP contribution in [0.15, 0.2) is 71.9 Å². The van der Waals surface area contributed by atoms with E-state index in [2.05, 4.69) is 50.9 Å². The third-order valence-electron chi connectivity index (χ3n) is 6.87. The molecule has 0 aliphatic rings. The number of aromatic nitrogens is 8. The van der Waals surface area contributed by atoms with Crippen molar-refractivity contribution in [3.8, 4) is 28.3 Å². The fourth-order valence-electron chi connectivity index (χ4n) is 4.61. The van der Waals surface area contributed by atoms with Crippen LogP contribution in [0.4, 0.5) is 0 Å². The van der Waals surface area contributed by atoms with Crippen molar-refractivity contribution in [2.45, 2.75) is 59.0 Å². The summed E-state index contributed by atoms with van der Waals surface area (Å²) in [6.07, 6.45) is 9.77. The molecule has 9 heteroatoms. The maximum absolute atomic E-state index is 13.7. The lowest BCUT2D eigenvalue weighted by Crippen LogP contribution is -2.26. The maximum atomic E-state index is 13.7. The minimum absolute atomic E-state index is 0.0404. The standard InChI is InChI=1S/C28H32N8O/c1-4-6-11-25-19-36(26-12-8-15-34(26)20(3)5-2)28(37)35(25)18-24-17-22(13-14-29-24)21-9-7-10-23(16-21)27-30-32-33-31-27/h7-10,12-17,19-20H,4-6,11,18H2,1-3H3,(H,30,31,32,33). The maximum Gasteiger partial charge on any atom is 0.334 e. The summed E-state index contributed by atoms with van der Waals surface area (Å²) in [5.74, 6) is 1.52. The van der Waals surface area contributed by atoms with E-state index < -0.39 is 0 Å². The molecule has 37 heavy (non-hydrogen) atoms. The predicted octanol–water partition coefficient (Wildman–Crippen LogP) is 5.04. The molecule has 0 spiro atoms. The number of H-pyrrole nitrogens is 1.